The summed E-state index contributed by atoms with van der Waals surface area (Å²) in [5, 5.41) is 11.7. The van der Waals surface area contributed by atoms with Crippen molar-refractivity contribution in [1.82, 2.24) is 5.32 Å². The first-order chi connectivity index (χ1) is 6.86. The Morgan fingerprint density at radius 3 is 2.79 bits per heavy atom. The lowest BCUT2D eigenvalue weighted by atomic mass is 10.3. The summed E-state index contributed by atoms with van der Waals surface area (Å²) in [6.07, 6.45) is 1.87. The minimum absolute atomic E-state index is 0.640. The van der Waals surface area contributed by atoms with Crippen molar-refractivity contribution in [3.8, 4) is 6.19 Å². The number of rotatable bonds is 2. The number of nitrogens with one attached hydrogen (secondary N) is 1. The highest BCUT2D eigenvalue weighted by Gasteiger charge is 1.96. The van der Waals surface area contributed by atoms with Crippen molar-refractivity contribution in [2.75, 3.05) is 5.75 Å². The molecule has 1 N–H and O–H groups in total. The monoisotopic (exact) mass is 205 g/mol. The zero-order valence-electron chi connectivity index (χ0n) is 7.90. The molecule has 3 nitrogen and oxygen atoms in total. The number of nitriles is 1. The molecule has 72 valence electrons. The van der Waals surface area contributed by atoms with Crippen LogP contribution in [0.5, 0.6) is 0 Å². The third-order valence-electron chi connectivity index (χ3n) is 1.43. The van der Waals surface area contributed by atoms with Crippen LogP contribution < -0.4 is 5.32 Å². The first-order valence-corrected chi connectivity index (χ1v) is 5.27. The Bertz CT molecular complexity index is 340. The van der Waals surface area contributed by atoms with Gasteiger partial charge in [0.1, 0.15) is 0 Å². The van der Waals surface area contributed by atoms with Crippen molar-refractivity contribution in [3.63, 3.8) is 0 Å². The zero-order valence-corrected chi connectivity index (χ0v) is 8.71. The van der Waals surface area contributed by atoms with Gasteiger partial charge >= 0.3 is 0 Å². The van der Waals surface area contributed by atoms with E-state index < -0.39 is 0 Å². The molecular formula is C10H11N3S. The molecule has 1 aromatic carbocycles. The lowest BCUT2D eigenvalue weighted by Crippen LogP contribution is -2.13. The number of benzene rings is 1. The topological polar surface area (TPSA) is 48.2 Å². The molecule has 0 amide bonds. The summed E-state index contributed by atoms with van der Waals surface area (Å²) in [5.74, 6) is 0.889. The van der Waals surface area contributed by atoms with Gasteiger partial charge in [-0.3, -0.25) is 5.32 Å². The number of nitrogens with zero attached hydrogens (tertiary/aromatic N) is 2. The molecule has 0 unspecified atom stereocenters. The number of para-hydroxylation sites is 1. The number of hydrogen-bond acceptors (Lipinski definition) is 3. The van der Waals surface area contributed by atoms with Crippen molar-refractivity contribution in [1.29, 1.82) is 5.26 Å². The van der Waals surface area contributed by atoms with Gasteiger partial charge in [0.05, 0.1) is 5.69 Å². The minimum atomic E-state index is 0.640. The van der Waals surface area contributed by atoms with Crippen LogP contribution in [0.25, 0.3) is 0 Å². The Morgan fingerprint density at radius 2 is 2.21 bits per heavy atom. The molecule has 0 aliphatic rings. The fraction of sp³-hybridized carbons (Fsp3) is 0.200. The van der Waals surface area contributed by atoms with Gasteiger partial charge in [0.25, 0.3) is 0 Å². The lowest BCUT2D eigenvalue weighted by molar-refractivity contribution is 1.28. The van der Waals surface area contributed by atoms with E-state index in [1.807, 2.05) is 43.4 Å². The van der Waals surface area contributed by atoms with Crippen LogP contribution in [0, 0.1) is 11.5 Å². The van der Waals surface area contributed by atoms with E-state index in [0.29, 0.717) is 5.17 Å². The Kier molecular flexibility index (Phi) is 4.59. The Labute approximate surface area is 87.9 Å². The largest absolute Gasteiger partial charge is 0.271 e. The van der Waals surface area contributed by atoms with E-state index >= 15 is 0 Å². The van der Waals surface area contributed by atoms with Gasteiger partial charge in [-0.15, -0.1) is 0 Å². The Morgan fingerprint density at radius 1 is 1.50 bits per heavy atom. The molecule has 0 aliphatic heterocycles. The van der Waals surface area contributed by atoms with Crippen molar-refractivity contribution < 1.29 is 0 Å². The smallest absolute Gasteiger partial charge is 0.183 e. The maximum absolute atomic E-state index is 8.49. The summed E-state index contributed by atoms with van der Waals surface area (Å²) >= 11 is 1.51. The van der Waals surface area contributed by atoms with Gasteiger partial charge in [-0.1, -0.05) is 36.9 Å². The normalized spacial score (nSPS) is 10.7. The fourth-order valence-corrected chi connectivity index (χ4v) is 1.46. The second-order valence-electron chi connectivity index (χ2n) is 2.42. The van der Waals surface area contributed by atoms with E-state index in [-0.39, 0.29) is 0 Å². The third kappa shape index (κ3) is 3.50. The summed E-state index contributed by atoms with van der Waals surface area (Å²) in [4.78, 5) is 4.28. The van der Waals surface area contributed by atoms with E-state index in [1.165, 1.54) is 11.8 Å². The molecule has 4 heteroatoms. The predicted molar refractivity (Wildman–Crippen MR) is 60.4 cm³/mol. The van der Waals surface area contributed by atoms with Gasteiger partial charge in [-0.2, -0.15) is 5.26 Å². The molecular weight excluding hydrogens is 194 g/mol. The third-order valence-corrected chi connectivity index (χ3v) is 2.19. The van der Waals surface area contributed by atoms with Gasteiger partial charge in [0.2, 0.25) is 0 Å². The van der Waals surface area contributed by atoms with Crippen molar-refractivity contribution >= 4 is 22.6 Å². The van der Waals surface area contributed by atoms with Gasteiger partial charge < -0.3 is 0 Å². The second kappa shape index (κ2) is 6.06. The number of amidine groups is 1. The summed E-state index contributed by atoms with van der Waals surface area (Å²) in [6, 6.07) is 9.56. The fourth-order valence-electron chi connectivity index (χ4n) is 0.901. The average molecular weight is 205 g/mol. The second-order valence-corrected chi connectivity index (χ2v) is 3.68. The molecule has 1 rings (SSSR count). The van der Waals surface area contributed by atoms with Crippen LogP contribution >= 0.6 is 11.8 Å². The predicted octanol–water partition coefficient (Wildman–Crippen LogP) is 2.50. The highest BCUT2D eigenvalue weighted by Crippen LogP contribution is 2.13. The molecule has 0 saturated carbocycles. The molecule has 0 saturated heterocycles. The van der Waals surface area contributed by atoms with Gasteiger partial charge in [-0.05, 0) is 17.9 Å². The molecule has 0 bridgehead atoms. The average Bonchev–Trinajstić information content (AvgIpc) is 2.20. The molecule has 0 aliphatic carbocycles. The van der Waals surface area contributed by atoms with E-state index in [1.54, 1.807) is 0 Å². The minimum Gasteiger partial charge on any atom is -0.271 e. The van der Waals surface area contributed by atoms with E-state index in [2.05, 4.69) is 10.3 Å². The van der Waals surface area contributed by atoms with Crippen LogP contribution in [0.15, 0.2) is 35.3 Å². The van der Waals surface area contributed by atoms with Crippen molar-refractivity contribution in [2.45, 2.75) is 6.92 Å². The molecule has 0 fully saturated rings. The van der Waals surface area contributed by atoms with E-state index in [0.717, 1.165) is 11.4 Å². The zero-order chi connectivity index (χ0) is 10.2. The highest BCUT2D eigenvalue weighted by atomic mass is 32.2. The van der Waals surface area contributed by atoms with Gasteiger partial charge in [0, 0.05) is 0 Å². The maximum atomic E-state index is 8.49. The maximum Gasteiger partial charge on any atom is 0.183 e. The van der Waals surface area contributed by atoms with Crippen LogP contribution in [0.1, 0.15) is 6.92 Å². The highest BCUT2D eigenvalue weighted by molar-refractivity contribution is 8.13. The quantitative estimate of drug-likeness (QED) is 0.349. The van der Waals surface area contributed by atoms with E-state index in [4.69, 9.17) is 5.26 Å². The summed E-state index contributed by atoms with van der Waals surface area (Å²) in [7, 11) is 0. The molecule has 0 atom stereocenters. The number of aliphatic imine (C=N–C) groups is 1. The Hall–Kier alpha value is -1.47. The van der Waals surface area contributed by atoms with E-state index in [9.17, 15) is 0 Å². The van der Waals surface area contributed by atoms with Crippen LogP contribution in [-0.2, 0) is 0 Å². The summed E-state index contributed by atoms with van der Waals surface area (Å²) in [6.45, 7) is 2.02. The van der Waals surface area contributed by atoms with Gasteiger partial charge in [0.15, 0.2) is 11.4 Å². The number of hydrogen-bond donors (Lipinski definition) is 1. The van der Waals surface area contributed by atoms with Crippen LogP contribution in [-0.4, -0.2) is 10.9 Å². The molecule has 0 spiro atoms. The molecule has 14 heavy (non-hydrogen) atoms. The SMILES string of the molecule is CCSC(=Nc1ccccc1)NC#N. The van der Waals surface area contributed by atoms with Crippen molar-refractivity contribution in [2.24, 2.45) is 4.99 Å². The number of thioether (sulfide) groups is 1. The standard InChI is InChI=1S/C10H11N3S/c1-2-14-10(12-8-11)13-9-6-4-3-5-7-9/h3-7H,2H2,1H3,(H,12,13). The summed E-state index contributed by atoms with van der Waals surface area (Å²) in [5.41, 5.74) is 0.853. The Balaban J connectivity index is 2.77. The first kappa shape index (κ1) is 10.6. The lowest BCUT2D eigenvalue weighted by Gasteiger charge is -2.00. The van der Waals surface area contributed by atoms with Crippen LogP contribution in [0.2, 0.25) is 0 Å². The molecule has 1 aromatic rings. The molecule has 0 aromatic heterocycles. The molecule has 0 radical (unpaired) electrons. The van der Waals surface area contributed by atoms with Gasteiger partial charge in [-0.25, -0.2) is 4.99 Å². The molecule has 0 heterocycles. The van der Waals surface area contributed by atoms with Crippen LogP contribution in [0.3, 0.4) is 0 Å². The summed E-state index contributed by atoms with van der Waals surface area (Å²) < 4.78 is 0. The van der Waals surface area contributed by atoms with Crippen LogP contribution in [0.4, 0.5) is 5.69 Å². The first-order valence-electron chi connectivity index (χ1n) is 4.28. The van der Waals surface area contributed by atoms with Crippen molar-refractivity contribution in [3.05, 3.63) is 30.3 Å².